The molecule has 0 saturated heterocycles. The van der Waals surface area contributed by atoms with Crippen LogP contribution in [0.2, 0.25) is 0 Å². The number of nitrogens with zero attached hydrogens (tertiary/aromatic N) is 2. The highest BCUT2D eigenvalue weighted by molar-refractivity contribution is 9.10. The van der Waals surface area contributed by atoms with Gasteiger partial charge in [0.2, 0.25) is 0 Å². The Balaban J connectivity index is 2.33. The van der Waals surface area contributed by atoms with Gasteiger partial charge in [-0.05, 0) is 44.0 Å². The number of carbonyl (C=O) groups excluding carboxylic acids is 1. The summed E-state index contributed by atoms with van der Waals surface area (Å²) in [6, 6.07) is 13.6. The molecule has 0 saturated carbocycles. The van der Waals surface area contributed by atoms with Gasteiger partial charge in [-0.2, -0.15) is 0 Å². The van der Waals surface area contributed by atoms with Gasteiger partial charge in [-0.1, -0.05) is 47.1 Å². The number of carbonyl (C=O) groups is 1. The number of rotatable bonds is 5. The molecule has 22 heavy (non-hydrogen) atoms. The van der Waals surface area contributed by atoms with E-state index < -0.39 is 0 Å². The number of hydrogen-bond donors (Lipinski definition) is 0. The molecule has 116 valence electrons. The molecule has 0 N–H and O–H groups in total. The van der Waals surface area contributed by atoms with E-state index >= 15 is 0 Å². The fourth-order valence-electron chi connectivity index (χ4n) is 2.50. The zero-order valence-electron chi connectivity index (χ0n) is 13.2. The average Bonchev–Trinajstić information content (AvgIpc) is 2.52. The van der Waals surface area contributed by atoms with Crippen molar-refractivity contribution in [3.63, 3.8) is 0 Å². The number of hydrogen-bond acceptors (Lipinski definition) is 2. The van der Waals surface area contributed by atoms with Gasteiger partial charge >= 0.3 is 0 Å². The molecule has 0 bridgehead atoms. The fourth-order valence-corrected chi connectivity index (χ4v) is 3.12. The molecule has 1 heterocycles. The summed E-state index contributed by atoms with van der Waals surface area (Å²) >= 11 is 3.58. The van der Waals surface area contributed by atoms with E-state index in [0.29, 0.717) is 12.2 Å². The van der Waals surface area contributed by atoms with Crippen LogP contribution in [-0.4, -0.2) is 22.3 Å². The van der Waals surface area contributed by atoms with Crippen LogP contribution < -0.4 is 0 Å². The van der Waals surface area contributed by atoms with Crippen molar-refractivity contribution >= 4 is 21.8 Å². The molecular weight excluding hydrogens is 340 g/mol. The third-order valence-corrected chi connectivity index (χ3v) is 4.38. The Hall–Kier alpha value is -1.68. The van der Waals surface area contributed by atoms with Crippen molar-refractivity contribution in [2.24, 2.45) is 0 Å². The summed E-state index contributed by atoms with van der Waals surface area (Å²) in [5.41, 5.74) is 2.47. The van der Waals surface area contributed by atoms with Gasteiger partial charge in [0.1, 0.15) is 5.69 Å². The minimum absolute atomic E-state index is 0.00895. The summed E-state index contributed by atoms with van der Waals surface area (Å²) in [4.78, 5) is 19.1. The Bertz CT molecular complexity index is 657. The van der Waals surface area contributed by atoms with Crippen LogP contribution in [0.25, 0.3) is 0 Å². The second-order valence-corrected chi connectivity index (χ2v) is 6.21. The van der Waals surface area contributed by atoms with Gasteiger partial charge in [0.05, 0.1) is 6.04 Å². The molecule has 0 fully saturated rings. The molecular formula is C18H21BrN2O. The topological polar surface area (TPSA) is 33.2 Å². The highest BCUT2D eigenvalue weighted by atomic mass is 79.9. The lowest BCUT2D eigenvalue weighted by Gasteiger charge is -2.29. The Morgan fingerprint density at radius 1 is 1.23 bits per heavy atom. The summed E-state index contributed by atoms with van der Waals surface area (Å²) in [7, 11) is 0. The van der Waals surface area contributed by atoms with E-state index in [-0.39, 0.29) is 11.9 Å². The molecule has 2 rings (SSSR count). The van der Waals surface area contributed by atoms with Crippen molar-refractivity contribution in [3.05, 3.63) is 63.9 Å². The molecule has 1 atom stereocenters. The van der Waals surface area contributed by atoms with Crippen LogP contribution in [0, 0.1) is 6.92 Å². The first-order valence-corrected chi connectivity index (χ1v) is 8.33. The second kappa shape index (κ2) is 7.54. The number of aromatic nitrogens is 1. The van der Waals surface area contributed by atoms with Gasteiger partial charge in [-0.25, -0.2) is 4.98 Å². The summed E-state index contributed by atoms with van der Waals surface area (Å²) in [5.74, 6) is -0.0196. The largest absolute Gasteiger partial charge is 0.331 e. The van der Waals surface area contributed by atoms with E-state index in [1.165, 1.54) is 0 Å². The third-order valence-electron chi connectivity index (χ3n) is 3.66. The van der Waals surface area contributed by atoms with Crippen LogP contribution in [0.5, 0.6) is 0 Å². The van der Waals surface area contributed by atoms with Gasteiger partial charge in [0.25, 0.3) is 5.91 Å². The first kappa shape index (κ1) is 16.7. The number of pyridine rings is 1. The number of amides is 1. The quantitative estimate of drug-likeness (QED) is 0.769. The first-order valence-electron chi connectivity index (χ1n) is 7.53. The van der Waals surface area contributed by atoms with Crippen LogP contribution in [0.15, 0.2) is 46.9 Å². The predicted molar refractivity (Wildman–Crippen MR) is 92.9 cm³/mol. The van der Waals surface area contributed by atoms with Crippen LogP contribution in [0.3, 0.4) is 0 Å². The monoisotopic (exact) mass is 360 g/mol. The van der Waals surface area contributed by atoms with E-state index in [2.05, 4.69) is 34.8 Å². The van der Waals surface area contributed by atoms with Crippen molar-refractivity contribution in [1.29, 1.82) is 0 Å². The first-order chi connectivity index (χ1) is 10.5. The normalized spacial score (nSPS) is 12.0. The third kappa shape index (κ3) is 3.74. The highest BCUT2D eigenvalue weighted by Gasteiger charge is 2.24. The maximum absolute atomic E-state index is 12.9. The Morgan fingerprint density at radius 3 is 2.59 bits per heavy atom. The van der Waals surface area contributed by atoms with Gasteiger partial charge < -0.3 is 4.90 Å². The summed E-state index contributed by atoms with van der Waals surface area (Å²) in [6.45, 7) is 6.75. The molecule has 0 aliphatic carbocycles. The summed E-state index contributed by atoms with van der Waals surface area (Å²) in [6.07, 6.45) is 0.909. The highest BCUT2D eigenvalue weighted by Crippen LogP contribution is 2.28. The molecule has 1 aromatic heterocycles. The van der Waals surface area contributed by atoms with E-state index in [4.69, 9.17) is 0 Å². The zero-order valence-corrected chi connectivity index (χ0v) is 14.8. The number of benzene rings is 1. The molecule has 2 aromatic rings. The van der Waals surface area contributed by atoms with Crippen LogP contribution in [0.1, 0.15) is 48.1 Å². The van der Waals surface area contributed by atoms with Gasteiger partial charge in [0, 0.05) is 16.7 Å². The number of halogens is 1. The molecule has 0 aliphatic rings. The van der Waals surface area contributed by atoms with Crippen LogP contribution in [-0.2, 0) is 0 Å². The van der Waals surface area contributed by atoms with Crippen molar-refractivity contribution < 1.29 is 4.79 Å². The minimum atomic E-state index is -0.0196. The lowest BCUT2D eigenvalue weighted by Crippen LogP contribution is -2.35. The lowest BCUT2D eigenvalue weighted by atomic mass is 10.1. The van der Waals surface area contributed by atoms with E-state index in [1.54, 1.807) is 6.07 Å². The van der Waals surface area contributed by atoms with Crippen molar-refractivity contribution in [2.45, 2.75) is 33.2 Å². The average molecular weight is 361 g/mol. The molecule has 0 aliphatic heterocycles. The Kier molecular flexibility index (Phi) is 5.72. The summed E-state index contributed by atoms with van der Waals surface area (Å²) in [5, 5.41) is 0. The minimum Gasteiger partial charge on any atom is -0.331 e. The standard InChI is InChI=1S/C18H21BrN2O/c1-4-12-21(14(3)15-9-5-6-10-16(15)19)18(22)17-11-7-8-13(2)20-17/h5-11,14H,4,12H2,1-3H3. The molecule has 1 amide bonds. The van der Waals surface area contributed by atoms with E-state index in [0.717, 1.165) is 22.2 Å². The van der Waals surface area contributed by atoms with Gasteiger partial charge in [0.15, 0.2) is 0 Å². The summed E-state index contributed by atoms with van der Waals surface area (Å²) < 4.78 is 1.02. The fraction of sp³-hybridized carbons (Fsp3) is 0.333. The second-order valence-electron chi connectivity index (χ2n) is 5.36. The van der Waals surface area contributed by atoms with Gasteiger partial charge in [-0.15, -0.1) is 0 Å². The van der Waals surface area contributed by atoms with Crippen molar-refractivity contribution in [1.82, 2.24) is 9.88 Å². The molecule has 0 spiro atoms. The molecule has 4 heteroatoms. The van der Waals surface area contributed by atoms with Crippen molar-refractivity contribution in [2.75, 3.05) is 6.54 Å². The lowest BCUT2D eigenvalue weighted by molar-refractivity contribution is 0.0684. The van der Waals surface area contributed by atoms with Crippen LogP contribution in [0.4, 0.5) is 0 Å². The SMILES string of the molecule is CCCN(C(=O)c1cccc(C)n1)C(C)c1ccccc1Br. The molecule has 0 radical (unpaired) electrons. The van der Waals surface area contributed by atoms with Gasteiger partial charge in [-0.3, -0.25) is 4.79 Å². The zero-order chi connectivity index (χ0) is 16.1. The van der Waals surface area contributed by atoms with Crippen LogP contribution >= 0.6 is 15.9 Å². The number of aryl methyl sites for hydroxylation is 1. The molecule has 3 nitrogen and oxygen atoms in total. The van der Waals surface area contributed by atoms with E-state index in [1.807, 2.05) is 48.2 Å². The Labute approximate surface area is 140 Å². The molecule has 1 aromatic carbocycles. The maximum atomic E-state index is 12.9. The van der Waals surface area contributed by atoms with Crippen molar-refractivity contribution in [3.8, 4) is 0 Å². The van der Waals surface area contributed by atoms with E-state index in [9.17, 15) is 4.79 Å². The predicted octanol–water partition coefficient (Wildman–Crippen LogP) is 4.77. The maximum Gasteiger partial charge on any atom is 0.272 e. The smallest absolute Gasteiger partial charge is 0.272 e. The molecule has 1 unspecified atom stereocenters. The Morgan fingerprint density at radius 2 is 1.95 bits per heavy atom.